The van der Waals surface area contributed by atoms with Crippen LogP contribution in [0.4, 0.5) is 10.5 Å². The molecule has 0 unspecified atom stereocenters. The molecular formula is C19H21N7O2. The Bertz CT molecular complexity index is 1080. The van der Waals surface area contributed by atoms with Crippen molar-refractivity contribution in [3.05, 3.63) is 48.2 Å². The number of carbonyl (C=O) groups excluding carboxylic acids is 2. The molecule has 3 aromatic heterocycles. The molecule has 0 aromatic carbocycles. The van der Waals surface area contributed by atoms with Crippen LogP contribution in [-0.2, 0) is 0 Å². The standard InChI is InChI=1S/C19H21N7O2/c1-13-17(25-6-4-3-5-16(25)21-13)18(27)23-10-15(11-23)26-12-14(9-20-26)24-8-7-22(2)19(24)28/h3-6,9,12,15H,7-8,10-11H2,1-2H3. The fraction of sp³-hybridized carbons (Fsp3) is 0.368. The Labute approximate surface area is 161 Å². The molecule has 0 aliphatic carbocycles. The number of hydrogen-bond donors (Lipinski definition) is 0. The summed E-state index contributed by atoms with van der Waals surface area (Å²) in [6.07, 6.45) is 5.48. The van der Waals surface area contributed by atoms with Gasteiger partial charge in [0, 0.05) is 45.6 Å². The molecule has 0 saturated carbocycles. The largest absolute Gasteiger partial charge is 0.333 e. The zero-order chi connectivity index (χ0) is 19.4. The molecule has 2 fully saturated rings. The zero-order valence-electron chi connectivity index (χ0n) is 15.8. The number of nitrogens with zero attached hydrogens (tertiary/aromatic N) is 7. The molecule has 0 radical (unpaired) electrons. The van der Waals surface area contributed by atoms with Crippen molar-refractivity contribution in [1.29, 1.82) is 0 Å². The molecule has 5 rings (SSSR count). The average Bonchev–Trinajstić information content (AvgIpc) is 3.32. The lowest BCUT2D eigenvalue weighted by molar-refractivity contribution is 0.0493. The maximum atomic E-state index is 13.0. The van der Waals surface area contributed by atoms with Crippen molar-refractivity contribution < 1.29 is 9.59 Å². The highest BCUT2D eigenvalue weighted by molar-refractivity contribution is 5.95. The van der Waals surface area contributed by atoms with Crippen LogP contribution in [0.1, 0.15) is 22.2 Å². The topological polar surface area (TPSA) is 79.0 Å². The monoisotopic (exact) mass is 379 g/mol. The van der Waals surface area contributed by atoms with Gasteiger partial charge in [0.2, 0.25) is 0 Å². The van der Waals surface area contributed by atoms with Gasteiger partial charge >= 0.3 is 6.03 Å². The summed E-state index contributed by atoms with van der Waals surface area (Å²) < 4.78 is 3.69. The fourth-order valence-electron chi connectivity index (χ4n) is 3.86. The summed E-state index contributed by atoms with van der Waals surface area (Å²) in [5.74, 6) is -0.0174. The van der Waals surface area contributed by atoms with Gasteiger partial charge in [-0.15, -0.1) is 0 Å². The SMILES string of the molecule is Cc1nc2ccccn2c1C(=O)N1CC(n2cc(N3CCN(C)C3=O)cn2)C1. The molecule has 0 spiro atoms. The van der Waals surface area contributed by atoms with Gasteiger partial charge in [0.05, 0.1) is 23.6 Å². The third kappa shape index (κ3) is 2.46. The van der Waals surface area contributed by atoms with Crippen LogP contribution >= 0.6 is 0 Å². The summed E-state index contributed by atoms with van der Waals surface area (Å²) >= 11 is 0. The van der Waals surface area contributed by atoms with Gasteiger partial charge in [0.25, 0.3) is 5.91 Å². The number of urea groups is 1. The fourth-order valence-corrected chi connectivity index (χ4v) is 3.86. The Kier molecular flexibility index (Phi) is 3.65. The molecule has 144 valence electrons. The summed E-state index contributed by atoms with van der Waals surface area (Å²) in [7, 11) is 1.80. The van der Waals surface area contributed by atoms with E-state index in [2.05, 4.69) is 10.1 Å². The van der Waals surface area contributed by atoms with Crippen molar-refractivity contribution in [2.45, 2.75) is 13.0 Å². The first-order chi connectivity index (χ1) is 13.5. The second kappa shape index (κ2) is 6.08. The number of aryl methyl sites for hydroxylation is 1. The van der Waals surface area contributed by atoms with Crippen LogP contribution in [-0.4, -0.2) is 74.1 Å². The number of likely N-dealkylation sites (N-methyl/N-ethyl adjacent to an activating group) is 1. The number of amides is 3. The third-order valence-electron chi connectivity index (χ3n) is 5.55. The number of anilines is 1. The number of fused-ring (bicyclic) bond motifs is 1. The minimum Gasteiger partial charge on any atom is -0.333 e. The smallest absolute Gasteiger partial charge is 0.324 e. The summed E-state index contributed by atoms with van der Waals surface area (Å²) in [5.41, 5.74) is 2.92. The van der Waals surface area contributed by atoms with Crippen LogP contribution in [0.5, 0.6) is 0 Å². The number of aromatic nitrogens is 4. The third-order valence-corrected chi connectivity index (χ3v) is 5.55. The summed E-state index contributed by atoms with van der Waals surface area (Å²) in [4.78, 5) is 34.8. The number of rotatable bonds is 3. The van der Waals surface area contributed by atoms with E-state index >= 15 is 0 Å². The Balaban J connectivity index is 1.29. The van der Waals surface area contributed by atoms with Crippen LogP contribution in [0.25, 0.3) is 5.65 Å². The maximum absolute atomic E-state index is 13.0. The van der Waals surface area contributed by atoms with Crippen molar-refractivity contribution in [3.63, 3.8) is 0 Å². The average molecular weight is 379 g/mol. The molecule has 5 heterocycles. The second-order valence-electron chi connectivity index (χ2n) is 7.37. The van der Waals surface area contributed by atoms with E-state index in [1.807, 2.05) is 51.5 Å². The number of pyridine rings is 1. The first kappa shape index (κ1) is 16.8. The van der Waals surface area contributed by atoms with Crippen molar-refractivity contribution >= 4 is 23.3 Å². The second-order valence-corrected chi connectivity index (χ2v) is 7.37. The highest BCUT2D eigenvalue weighted by atomic mass is 16.2. The van der Waals surface area contributed by atoms with E-state index in [1.165, 1.54) is 0 Å². The molecule has 2 aliphatic heterocycles. The Hall–Kier alpha value is -3.36. The van der Waals surface area contributed by atoms with Gasteiger partial charge in [0.1, 0.15) is 11.3 Å². The minimum absolute atomic E-state index is 0.00644. The molecule has 28 heavy (non-hydrogen) atoms. The number of hydrogen-bond acceptors (Lipinski definition) is 4. The lowest BCUT2D eigenvalue weighted by Gasteiger charge is -2.39. The lowest BCUT2D eigenvalue weighted by Crippen LogP contribution is -2.51. The van der Waals surface area contributed by atoms with Gasteiger partial charge in [-0.2, -0.15) is 5.10 Å². The Morgan fingerprint density at radius 3 is 2.79 bits per heavy atom. The predicted octanol–water partition coefficient (Wildman–Crippen LogP) is 1.41. The minimum atomic E-state index is -0.0174. The van der Waals surface area contributed by atoms with Gasteiger partial charge in [0.15, 0.2) is 0 Å². The summed E-state index contributed by atoms with van der Waals surface area (Å²) in [5, 5.41) is 4.42. The molecule has 9 heteroatoms. The quantitative estimate of drug-likeness (QED) is 0.689. The molecule has 9 nitrogen and oxygen atoms in total. The molecule has 2 saturated heterocycles. The van der Waals surface area contributed by atoms with Gasteiger partial charge in [-0.05, 0) is 19.1 Å². The van der Waals surface area contributed by atoms with Crippen LogP contribution in [0.15, 0.2) is 36.8 Å². The zero-order valence-corrected chi connectivity index (χ0v) is 15.8. The van der Waals surface area contributed by atoms with Crippen LogP contribution in [0.2, 0.25) is 0 Å². The van der Waals surface area contributed by atoms with E-state index in [-0.39, 0.29) is 18.0 Å². The molecular weight excluding hydrogens is 358 g/mol. The normalized spacial score (nSPS) is 17.6. The van der Waals surface area contributed by atoms with E-state index in [9.17, 15) is 9.59 Å². The van der Waals surface area contributed by atoms with E-state index < -0.39 is 0 Å². The van der Waals surface area contributed by atoms with Gasteiger partial charge in [-0.1, -0.05) is 6.07 Å². The molecule has 3 amide bonds. The first-order valence-corrected chi connectivity index (χ1v) is 9.32. The maximum Gasteiger partial charge on any atom is 0.324 e. The van der Waals surface area contributed by atoms with Crippen LogP contribution in [0, 0.1) is 6.92 Å². The van der Waals surface area contributed by atoms with E-state index in [0.29, 0.717) is 31.9 Å². The van der Waals surface area contributed by atoms with Crippen LogP contribution < -0.4 is 4.90 Å². The molecule has 0 N–H and O–H groups in total. The number of likely N-dealkylation sites (tertiary alicyclic amines) is 1. The predicted molar refractivity (Wildman–Crippen MR) is 102 cm³/mol. The first-order valence-electron chi connectivity index (χ1n) is 9.32. The summed E-state index contributed by atoms with van der Waals surface area (Å²) in [6, 6.07) is 5.81. The van der Waals surface area contributed by atoms with Crippen molar-refractivity contribution in [2.75, 3.05) is 38.1 Å². The molecule has 0 bridgehead atoms. The molecule has 2 aliphatic rings. The van der Waals surface area contributed by atoms with Crippen molar-refractivity contribution in [1.82, 2.24) is 29.0 Å². The summed E-state index contributed by atoms with van der Waals surface area (Å²) in [6.45, 7) is 4.43. The van der Waals surface area contributed by atoms with Crippen molar-refractivity contribution in [2.24, 2.45) is 0 Å². The highest BCUT2D eigenvalue weighted by Gasteiger charge is 2.36. The molecule has 0 atom stereocenters. The van der Waals surface area contributed by atoms with Gasteiger partial charge < -0.3 is 9.80 Å². The Morgan fingerprint density at radius 2 is 2.04 bits per heavy atom. The number of carbonyl (C=O) groups is 2. The van der Waals surface area contributed by atoms with Gasteiger partial charge in [-0.3, -0.25) is 18.8 Å². The van der Waals surface area contributed by atoms with Crippen molar-refractivity contribution in [3.8, 4) is 0 Å². The Morgan fingerprint density at radius 1 is 1.21 bits per heavy atom. The molecule has 3 aromatic rings. The van der Waals surface area contributed by atoms with Crippen LogP contribution in [0.3, 0.4) is 0 Å². The van der Waals surface area contributed by atoms with E-state index in [0.717, 1.165) is 17.0 Å². The van der Waals surface area contributed by atoms with E-state index in [4.69, 9.17) is 0 Å². The lowest BCUT2D eigenvalue weighted by atomic mass is 10.1. The number of imidazole rings is 1. The highest BCUT2D eigenvalue weighted by Crippen LogP contribution is 2.27. The van der Waals surface area contributed by atoms with Gasteiger partial charge in [-0.25, -0.2) is 9.78 Å². The van der Waals surface area contributed by atoms with E-state index in [1.54, 1.807) is 23.0 Å².